The molecule has 0 aliphatic carbocycles. The molecule has 6 nitrogen and oxygen atoms in total. The summed E-state index contributed by atoms with van der Waals surface area (Å²) >= 11 is 0. The number of imidazole rings is 1. The highest BCUT2D eigenvalue weighted by Gasteiger charge is 2.31. The molecule has 2 aromatic rings. The summed E-state index contributed by atoms with van der Waals surface area (Å²) in [4.78, 5) is 34.1. The Morgan fingerprint density at radius 3 is 2.71 bits per heavy atom. The SMILES string of the molecule is Cc1cn(C)c(C2CCN(C(=O)c3ccc(C(C)C)[nH]c3=O)C2)n1. The molecule has 1 N–H and O–H groups in total. The molecular weight excluding hydrogens is 304 g/mol. The molecule has 3 heterocycles. The van der Waals surface area contributed by atoms with E-state index in [1.165, 1.54) is 0 Å². The summed E-state index contributed by atoms with van der Waals surface area (Å²) in [7, 11) is 1.98. The number of carbonyl (C=O) groups is 1. The molecule has 0 saturated carbocycles. The number of nitrogens with one attached hydrogen (secondary N) is 1. The molecule has 1 aliphatic rings. The monoisotopic (exact) mass is 328 g/mol. The third-order valence-corrected chi connectivity index (χ3v) is 4.66. The number of aryl methyl sites for hydroxylation is 2. The van der Waals surface area contributed by atoms with Gasteiger partial charge in [0.15, 0.2) is 0 Å². The molecule has 0 aromatic carbocycles. The van der Waals surface area contributed by atoms with E-state index in [9.17, 15) is 9.59 Å². The van der Waals surface area contributed by atoms with Crippen LogP contribution >= 0.6 is 0 Å². The first-order valence-electron chi connectivity index (χ1n) is 8.39. The molecule has 0 bridgehead atoms. The van der Waals surface area contributed by atoms with Crippen molar-refractivity contribution in [1.82, 2.24) is 19.4 Å². The number of nitrogens with zero attached hydrogens (tertiary/aromatic N) is 3. The zero-order valence-electron chi connectivity index (χ0n) is 14.7. The van der Waals surface area contributed by atoms with Gasteiger partial charge in [-0.25, -0.2) is 4.98 Å². The number of aromatic nitrogens is 3. The molecule has 1 fully saturated rings. The van der Waals surface area contributed by atoms with Crippen LogP contribution in [-0.4, -0.2) is 38.4 Å². The number of hydrogen-bond acceptors (Lipinski definition) is 3. The van der Waals surface area contributed by atoms with Crippen LogP contribution in [0.25, 0.3) is 0 Å². The Hall–Kier alpha value is -2.37. The lowest BCUT2D eigenvalue weighted by atomic mass is 10.1. The van der Waals surface area contributed by atoms with E-state index in [1.807, 2.05) is 44.6 Å². The van der Waals surface area contributed by atoms with E-state index in [1.54, 1.807) is 11.0 Å². The highest BCUT2D eigenvalue weighted by atomic mass is 16.2. The minimum absolute atomic E-state index is 0.194. The van der Waals surface area contributed by atoms with E-state index in [2.05, 4.69) is 9.97 Å². The van der Waals surface area contributed by atoms with Gasteiger partial charge in [-0.2, -0.15) is 0 Å². The van der Waals surface area contributed by atoms with Gasteiger partial charge < -0.3 is 14.5 Å². The quantitative estimate of drug-likeness (QED) is 0.938. The topological polar surface area (TPSA) is 71.0 Å². The number of rotatable bonds is 3. The van der Waals surface area contributed by atoms with Crippen molar-refractivity contribution in [3.63, 3.8) is 0 Å². The minimum atomic E-state index is -0.303. The number of amides is 1. The Balaban J connectivity index is 1.77. The average molecular weight is 328 g/mol. The number of pyridine rings is 1. The average Bonchev–Trinajstić information content (AvgIpc) is 3.12. The van der Waals surface area contributed by atoms with Crippen LogP contribution in [0, 0.1) is 6.92 Å². The van der Waals surface area contributed by atoms with Crippen molar-refractivity contribution in [3.05, 3.63) is 51.5 Å². The van der Waals surface area contributed by atoms with Gasteiger partial charge in [0, 0.05) is 37.9 Å². The summed E-state index contributed by atoms with van der Waals surface area (Å²) in [6, 6.07) is 3.48. The van der Waals surface area contributed by atoms with E-state index < -0.39 is 0 Å². The lowest BCUT2D eigenvalue weighted by molar-refractivity contribution is 0.0788. The Bertz CT molecular complexity index is 819. The van der Waals surface area contributed by atoms with Gasteiger partial charge >= 0.3 is 0 Å². The fourth-order valence-electron chi connectivity index (χ4n) is 3.33. The van der Waals surface area contributed by atoms with Crippen LogP contribution in [0.1, 0.15) is 59.7 Å². The molecule has 3 rings (SSSR count). The van der Waals surface area contributed by atoms with Crippen LogP contribution in [0.2, 0.25) is 0 Å². The first-order chi connectivity index (χ1) is 11.4. The molecule has 6 heteroatoms. The van der Waals surface area contributed by atoms with Gasteiger partial charge in [-0.15, -0.1) is 0 Å². The van der Waals surface area contributed by atoms with Crippen molar-refractivity contribution in [2.45, 2.75) is 39.0 Å². The smallest absolute Gasteiger partial charge is 0.261 e. The van der Waals surface area contributed by atoms with Crippen LogP contribution in [0.4, 0.5) is 0 Å². The second-order valence-corrected chi connectivity index (χ2v) is 6.90. The fraction of sp³-hybridized carbons (Fsp3) is 0.500. The van der Waals surface area contributed by atoms with Gasteiger partial charge in [-0.1, -0.05) is 13.8 Å². The Morgan fingerprint density at radius 1 is 1.38 bits per heavy atom. The van der Waals surface area contributed by atoms with E-state index in [0.29, 0.717) is 13.1 Å². The summed E-state index contributed by atoms with van der Waals surface area (Å²) < 4.78 is 2.03. The second-order valence-electron chi connectivity index (χ2n) is 6.90. The molecule has 0 spiro atoms. The minimum Gasteiger partial charge on any atom is -0.338 e. The first-order valence-corrected chi connectivity index (χ1v) is 8.39. The van der Waals surface area contributed by atoms with Crippen molar-refractivity contribution in [2.75, 3.05) is 13.1 Å². The van der Waals surface area contributed by atoms with Gasteiger partial charge in [-0.3, -0.25) is 9.59 Å². The van der Waals surface area contributed by atoms with Crippen LogP contribution in [-0.2, 0) is 7.05 Å². The van der Waals surface area contributed by atoms with Gasteiger partial charge in [-0.05, 0) is 31.4 Å². The maximum atomic E-state index is 12.7. The zero-order valence-corrected chi connectivity index (χ0v) is 14.7. The second kappa shape index (κ2) is 6.26. The van der Waals surface area contributed by atoms with Gasteiger partial charge in [0.25, 0.3) is 11.5 Å². The molecule has 1 saturated heterocycles. The van der Waals surface area contributed by atoms with Crippen LogP contribution in [0.5, 0.6) is 0 Å². The first kappa shape index (κ1) is 16.5. The Kier molecular flexibility index (Phi) is 4.30. The Labute approximate surface area is 141 Å². The number of aromatic amines is 1. The van der Waals surface area contributed by atoms with Crippen LogP contribution in [0.3, 0.4) is 0 Å². The number of carbonyl (C=O) groups excluding carboxylic acids is 1. The highest BCUT2D eigenvalue weighted by molar-refractivity contribution is 5.94. The molecule has 1 unspecified atom stereocenters. The molecular formula is C18H24N4O2. The van der Waals surface area contributed by atoms with Crippen molar-refractivity contribution in [1.29, 1.82) is 0 Å². The third-order valence-electron chi connectivity index (χ3n) is 4.66. The van der Waals surface area contributed by atoms with Crippen molar-refractivity contribution >= 4 is 5.91 Å². The van der Waals surface area contributed by atoms with E-state index in [-0.39, 0.29) is 28.9 Å². The zero-order chi connectivity index (χ0) is 17.4. The van der Waals surface area contributed by atoms with E-state index in [0.717, 1.165) is 23.6 Å². The van der Waals surface area contributed by atoms with Crippen molar-refractivity contribution in [2.24, 2.45) is 7.05 Å². The summed E-state index contributed by atoms with van der Waals surface area (Å²) in [5, 5.41) is 0. The predicted molar refractivity (Wildman–Crippen MR) is 92.4 cm³/mol. The maximum Gasteiger partial charge on any atom is 0.261 e. The van der Waals surface area contributed by atoms with E-state index in [4.69, 9.17) is 0 Å². The largest absolute Gasteiger partial charge is 0.338 e. The molecule has 2 aromatic heterocycles. The molecule has 1 amide bonds. The normalized spacial score (nSPS) is 17.7. The molecule has 0 radical (unpaired) electrons. The lowest BCUT2D eigenvalue weighted by Crippen LogP contribution is -2.33. The fourth-order valence-corrected chi connectivity index (χ4v) is 3.33. The Morgan fingerprint density at radius 2 is 2.12 bits per heavy atom. The molecule has 128 valence electrons. The van der Waals surface area contributed by atoms with Gasteiger partial charge in [0.1, 0.15) is 11.4 Å². The third kappa shape index (κ3) is 3.00. The van der Waals surface area contributed by atoms with Crippen molar-refractivity contribution < 1.29 is 4.79 Å². The van der Waals surface area contributed by atoms with Gasteiger partial charge in [0.2, 0.25) is 0 Å². The number of hydrogen-bond donors (Lipinski definition) is 1. The van der Waals surface area contributed by atoms with E-state index >= 15 is 0 Å². The van der Waals surface area contributed by atoms with Crippen LogP contribution < -0.4 is 5.56 Å². The maximum absolute atomic E-state index is 12.7. The number of likely N-dealkylation sites (tertiary alicyclic amines) is 1. The standard InChI is InChI=1S/C18H24N4O2/c1-11(2)15-6-5-14(17(23)20-15)18(24)22-8-7-13(10-22)16-19-12(3)9-21(16)4/h5-6,9,11,13H,7-8,10H2,1-4H3,(H,20,23). The van der Waals surface area contributed by atoms with Crippen LogP contribution in [0.15, 0.2) is 23.1 Å². The molecule has 1 atom stereocenters. The summed E-state index contributed by atoms with van der Waals surface area (Å²) in [6.45, 7) is 7.24. The lowest BCUT2D eigenvalue weighted by Gasteiger charge is -2.16. The number of H-pyrrole nitrogens is 1. The summed E-state index contributed by atoms with van der Waals surface area (Å²) in [5.74, 6) is 1.26. The van der Waals surface area contributed by atoms with Gasteiger partial charge in [0.05, 0.1) is 5.69 Å². The molecule has 24 heavy (non-hydrogen) atoms. The summed E-state index contributed by atoms with van der Waals surface area (Å²) in [6.07, 6.45) is 2.87. The molecule has 1 aliphatic heterocycles. The highest BCUT2D eigenvalue weighted by Crippen LogP contribution is 2.27. The summed E-state index contributed by atoms with van der Waals surface area (Å²) in [5.41, 5.74) is 1.75. The predicted octanol–water partition coefficient (Wildman–Crippen LogP) is 2.17. The van der Waals surface area contributed by atoms with Crippen molar-refractivity contribution in [3.8, 4) is 0 Å².